The molecule has 0 saturated heterocycles. The third-order valence-corrected chi connectivity index (χ3v) is 4.14. The number of alkyl halides is 3. The molecule has 3 rings (SSSR count). The molecule has 1 aromatic heterocycles. The number of anilines is 1. The molecule has 3 aromatic rings. The summed E-state index contributed by atoms with van der Waals surface area (Å²) in [5, 5.41) is 5.14. The summed E-state index contributed by atoms with van der Waals surface area (Å²) >= 11 is 0. The second-order valence-corrected chi connectivity index (χ2v) is 6.06. The Labute approximate surface area is 164 Å². The fourth-order valence-corrected chi connectivity index (χ4v) is 2.85. The van der Waals surface area contributed by atoms with Crippen molar-refractivity contribution in [1.29, 1.82) is 0 Å². The number of imidazole rings is 1. The molecular formula is C19H19F3N4O3. The Balaban J connectivity index is 1.68. The number of ether oxygens (including phenoxy) is 2. The van der Waals surface area contributed by atoms with Gasteiger partial charge in [-0.05, 0) is 12.1 Å². The van der Waals surface area contributed by atoms with E-state index in [0.29, 0.717) is 22.7 Å². The van der Waals surface area contributed by atoms with Crippen LogP contribution < -0.4 is 20.1 Å². The Morgan fingerprint density at radius 1 is 1.10 bits per heavy atom. The molecule has 2 aromatic carbocycles. The van der Waals surface area contributed by atoms with Gasteiger partial charge in [-0.3, -0.25) is 0 Å². The lowest BCUT2D eigenvalue weighted by Gasteiger charge is -2.13. The molecule has 0 aliphatic heterocycles. The summed E-state index contributed by atoms with van der Waals surface area (Å²) in [4.78, 5) is 15.8. The lowest BCUT2D eigenvalue weighted by Crippen LogP contribution is -2.32. The van der Waals surface area contributed by atoms with Gasteiger partial charge in [0, 0.05) is 37.0 Å². The second kappa shape index (κ2) is 8.29. The minimum absolute atomic E-state index is 0.0314. The number of urea groups is 1. The molecule has 0 bridgehead atoms. The zero-order valence-electron chi connectivity index (χ0n) is 15.7. The Hall–Kier alpha value is -3.43. The Morgan fingerprint density at radius 2 is 1.76 bits per heavy atom. The molecule has 1 heterocycles. The van der Waals surface area contributed by atoms with Crippen LogP contribution >= 0.6 is 0 Å². The van der Waals surface area contributed by atoms with Crippen LogP contribution in [0.15, 0.2) is 42.5 Å². The van der Waals surface area contributed by atoms with Gasteiger partial charge in [0.25, 0.3) is 0 Å². The average Bonchev–Trinajstić information content (AvgIpc) is 3.07. The number of hydrogen-bond donors (Lipinski definition) is 2. The molecule has 0 fully saturated rings. The molecule has 10 heteroatoms. The van der Waals surface area contributed by atoms with E-state index in [1.165, 1.54) is 20.3 Å². The van der Waals surface area contributed by atoms with Crippen molar-refractivity contribution in [3.63, 3.8) is 0 Å². The first-order valence-corrected chi connectivity index (χ1v) is 8.62. The normalized spacial score (nSPS) is 11.3. The summed E-state index contributed by atoms with van der Waals surface area (Å²) in [6.45, 7) is -0.124. The van der Waals surface area contributed by atoms with Gasteiger partial charge in [-0.25, -0.2) is 9.78 Å². The number of nitrogens with zero attached hydrogens (tertiary/aromatic N) is 2. The van der Waals surface area contributed by atoms with E-state index in [2.05, 4.69) is 15.6 Å². The molecule has 0 spiro atoms. The lowest BCUT2D eigenvalue weighted by atomic mass is 10.3. The Morgan fingerprint density at radius 3 is 2.38 bits per heavy atom. The maximum absolute atomic E-state index is 13.3. The van der Waals surface area contributed by atoms with Crippen LogP contribution in [0.25, 0.3) is 11.0 Å². The molecule has 29 heavy (non-hydrogen) atoms. The van der Waals surface area contributed by atoms with Gasteiger partial charge in [0.15, 0.2) is 0 Å². The molecule has 0 aliphatic rings. The number of carbonyl (C=O) groups excluding carboxylic acids is 1. The van der Waals surface area contributed by atoms with E-state index in [0.717, 1.165) is 4.57 Å². The maximum atomic E-state index is 13.3. The SMILES string of the molecule is COc1cc(NC(=O)NCCn2c(C(F)(F)F)nc3ccccc32)cc(OC)c1. The first-order valence-electron chi connectivity index (χ1n) is 8.62. The van der Waals surface area contributed by atoms with Gasteiger partial charge >= 0.3 is 12.2 Å². The summed E-state index contributed by atoms with van der Waals surface area (Å²) in [5.74, 6) is -0.0304. The van der Waals surface area contributed by atoms with Crippen molar-refractivity contribution >= 4 is 22.8 Å². The lowest BCUT2D eigenvalue weighted by molar-refractivity contribution is -0.146. The quantitative estimate of drug-likeness (QED) is 0.649. The zero-order valence-corrected chi connectivity index (χ0v) is 15.7. The van der Waals surface area contributed by atoms with Crippen molar-refractivity contribution in [3.05, 3.63) is 48.3 Å². The predicted octanol–water partition coefficient (Wildman–Crippen LogP) is 3.89. The Kier molecular flexibility index (Phi) is 5.81. The van der Waals surface area contributed by atoms with E-state index in [4.69, 9.17) is 9.47 Å². The van der Waals surface area contributed by atoms with Gasteiger partial charge in [-0.1, -0.05) is 12.1 Å². The van der Waals surface area contributed by atoms with Crippen molar-refractivity contribution in [3.8, 4) is 11.5 Å². The van der Waals surface area contributed by atoms with E-state index < -0.39 is 18.0 Å². The molecule has 0 aliphatic carbocycles. The number of carbonyl (C=O) groups is 1. The highest BCUT2D eigenvalue weighted by molar-refractivity contribution is 5.89. The molecule has 0 radical (unpaired) electrons. The van der Waals surface area contributed by atoms with Crippen molar-refractivity contribution in [2.75, 3.05) is 26.1 Å². The van der Waals surface area contributed by atoms with E-state index >= 15 is 0 Å². The fourth-order valence-electron chi connectivity index (χ4n) is 2.85. The summed E-state index contributed by atoms with van der Waals surface area (Å²) in [7, 11) is 2.96. The van der Waals surface area contributed by atoms with Crippen LogP contribution in [0.2, 0.25) is 0 Å². The van der Waals surface area contributed by atoms with Crippen LogP contribution in [-0.4, -0.2) is 36.3 Å². The smallest absolute Gasteiger partial charge is 0.449 e. The largest absolute Gasteiger partial charge is 0.497 e. The van der Waals surface area contributed by atoms with Gasteiger partial charge in [0.05, 0.1) is 25.3 Å². The van der Waals surface area contributed by atoms with Gasteiger partial charge in [0.1, 0.15) is 11.5 Å². The molecule has 2 N–H and O–H groups in total. The average molecular weight is 408 g/mol. The van der Waals surface area contributed by atoms with Crippen LogP contribution in [0, 0.1) is 0 Å². The number of hydrogen-bond acceptors (Lipinski definition) is 4. The van der Waals surface area contributed by atoms with E-state index in [1.54, 1.807) is 36.4 Å². The molecule has 154 valence electrons. The number of amides is 2. The number of nitrogens with one attached hydrogen (secondary N) is 2. The fraction of sp³-hybridized carbons (Fsp3) is 0.263. The van der Waals surface area contributed by atoms with Crippen LogP contribution in [0.1, 0.15) is 5.82 Å². The highest BCUT2D eigenvalue weighted by Gasteiger charge is 2.37. The first kappa shape index (κ1) is 20.3. The standard InChI is InChI=1S/C19H19F3N4O3/c1-28-13-9-12(10-14(11-13)29-2)24-18(27)23-7-8-26-16-6-4-3-5-15(16)25-17(26)19(20,21)22/h3-6,9-11H,7-8H2,1-2H3,(H2,23,24,27). The van der Waals surface area contributed by atoms with Crippen LogP contribution in [0.3, 0.4) is 0 Å². The molecule has 0 saturated carbocycles. The number of halogens is 3. The summed E-state index contributed by atoms with van der Waals surface area (Å²) in [6.07, 6.45) is -4.60. The van der Waals surface area contributed by atoms with Gasteiger partial charge in [0.2, 0.25) is 5.82 Å². The van der Waals surface area contributed by atoms with Gasteiger partial charge in [-0.15, -0.1) is 0 Å². The third kappa shape index (κ3) is 4.71. The molecule has 2 amide bonds. The highest BCUT2D eigenvalue weighted by atomic mass is 19.4. The minimum atomic E-state index is -4.60. The highest BCUT2D eigenvalue weighted by Crippen LogP contribution is 2.31. The van der Waals surface area contributed by atoms with Crippen molar-refractivity contribution < 1.29 is 27.4 Å². The number of methoxy groups -OCH3 is 2. The van der Waals surface area contributed by atoms with Gasteiger partial charge < -0.3 is 24.7 Å². The number of fused-ring (bicyclic) bond motifs is 1. The topological polar surface area (TPSA) is 77.4 Å². The number of aromatic nitrogens is 2. The first-order chi connectivity index (χ1) is 13.8. The number of rotatable bonds is 6. The summed E-state index contributed by atoms with van der Waals surface area (Å²) in [5.41, 5.74) is 1.01. The Bertz CT molecular complexity index is 995. The molecule has 7 nitrogen and oxygen atoms in total. The van der Waals surface area contributed by atoms with Crippen molar-refractivity contribution in [2.24, 2.45) is 0 Å². The zero-order chi connectivity index (χ0) is 21.0. The minimum Gasteiger partial charge on any atom is -0.497 e. The summed E-state index contributed by atoms with van der Waals surface area (Å²) in [6, 6.07) is 10.6. The molecule has 0 atom stereocenters. The molecular weight excluding hydrogens is 389 g/mol. The van der Waals surface area contributed by atoms with E-state index in [1.807, 2.05) is 0 Å². The van der Waals surface area contributed by atoms with Crippen molar-refractivity contribution in [1.82, 2.24) is 14.9 Å². The van der Waals surface area contributed by atoms with E-state index in [9.17, 15) is 18.0 Å². The van der Waals surface area contributed by atoms with Crippen molar-refractivity contribution in [2.45, 2.75) is 12.7 Å². The van der Waals surface area contributed by atoms with Crippen LogP contribution in [0.4, 0.5) is 23.7 Å². The van der Waals surface area contributed by atoms with Crippen LogP contribution in [0.5, 0.6) is 11.5 Å². The number of benzene rings is 2. The monoisotopic (exact) mass is 408 g/mol. The molecule has 0 unspecified atom stereocenters. The van der Waals surface area contributed by atoms with Gasteiger partial charge in [-0.2, -0.15) is 13.2 Å². The maximum Gasteiger partial charge on any atom is 0.449 e. The third-order valence-electron chi connectivity index (χ3n) is 4.14. The second-order valence-electron chi connectivity index (χ2n) is 6.06. The van der Waals surface area contributed by atoms with E-state index in [-0.39, 0.29) is 18.6 Å². The van der Waals surface area contributed by atoms with Crippen LogP contribution in [-0.2, 0) is 12.7 Å². The summed E-state index contributed by atoms with van der Waals surface area (Å²) < 4.78 is 51.2. The number of para-hydroxylation sites is 2. The predicted molar refractivity (Wildman–Crippen MR) is 101 cm³/mol.